The second-order valence-corrected chi connectivity index (χ2v) is 23.1. The lowest BCUT2D eigenvalue weighted by atomic mass is 10.0. The Morgan fingerprint density at radius 1 is 0.263 bits per heavy atom. The lowest BCUT2D eigenvalue weighted by Gasteiger charge is -2.18. The summed E-state index contributed by atoms with van der Waals surface area (Å²) in [7, 11) is 0. The van der Waals surface area contributed by atoms with Crippen molar-refractivity contribution < 1.29 is 28.6 Å². The topological polar surface area (TPSA) is 78.9 Å². The van der Waals surface area contributed by atoms with Crippen molar-refractivity contribution in [1.82, 2.24) is 0 Å². The van der Waals surface area contributed by atoms with E-state index in [9.17, 15) is 14.4 Å². The van der Waals surface area contributed by atoms with Crippen molar-refractivity contribution in [2.45, 2.75) is 354 Å². The molecule has 0 aliphatic rings. The second-order valence-electron chi connectivity index (χ2n) is 23.1. The Bertz CT molecular complexity index is 1520. The third-order valence-electron chi connectivity index (χ3n) is 15.2. The Kier molecular flexibility index (Phi) is 65.2. The van der Waals surface area contributed by atoms with Gasteiger partial charge in [-0.25, -0.2) is 0 Å². The Labute approximate surface area is 496 Å². The van der Waals surface area contributed by atoms with Crippen LogP contribution in [0.25, 0.3) is 0 Å². The van der Waals surface area contributed by atoms with Gasteiger partial charge < -0.3 is 14.2 Å². The van der Waals surface area contributed by atoms with Gasteiger partial charge in [-0.1, -0.05) is 337 Å². The van der Waals surface area contributed by atoms with E-state index in [-0.39, 0.29) is 31.1 Å². The van der Waals surface area contributed by atoms with Crippen LogP contribution in [0.5, 0.6) is 0 Å². The number of rotatable bonds is 63. The summed E-state index contributed by atoms with van der Waals surface area (Å²) < 4.78 is 17.0. The first-order chi connectivity index (χ1) is 39.5. The van der Waals surface area contributed by atoms with E-state index in [4.69, 9.17) is 14.2 Å². The molecule has 462 valence electrons. The SMILES string of the molecule is CC/C=C\C/C=C\C/C=C\C/C=C\C/C=C\C/C=C\C/C=C\CCCCCCCCCC(=O)OCC(COC(=O)CCCCCCCCCCCCCCC)OC(=O)CCCCCCCCCCCCCCCCCCCCCC. The van der Waals surface area contributed by atoms with Crippen LogP contribution in [0, 0.1) is 0 Å². The van der Waals surface area contributed by atoms with E-state index in [0.29, 0.717) is 19.3 Å². The van der Waals surface area contributed by atoms with Gasteiger partial charge >= 0.3 is 17.9 Å². The first kappa shape index (κ1) is 76.6. The summed E-state index contributed by atoms with van der Waals surface area (Å²) in [6.45, 7) is 6.57. The van der Waals surface area contributed by atoms with Crippen LogP contribution in [-0.4, -0.2) is 37.2 Å². The Balaban J connectivity index is 4.30. The normalized spacial score (nSPS) is 12.6. The smallest absolute Gasteiger partial charge is 0.306 e. The van der Waals surface area contributed by atoms with Gasteiger partial charge in [0.05, 0.1) is 0 Å². The summed E-state index contributed by atoms with van der Waals surface area (Å²) in [5.74, 6) is -0.866. The average molecular weight is 1120 g/mol. The van der Waals surface area contributed by atoms with Crippen LogP contribution in [0.15, 0.2) is 85.1 Å². The minimum absolute atomic E-state index is 0.0746. The number of hydrogen-bond donors (Lipinski definition) is 0. The first-order valence-electron chi connectivity index (χ1n) is 34.6. The predicted octanol–water partition coefficient (Wildman–Crippen LogP) is 23.8. The Morgan fingerprint density at radius 2 is 0.487 bits per heavy atom. The fourth-order valence-corrected chi connectivity index (χ4v) is 10.0. The summed E-state index contributed by atoms with van der Waals surface area (Å²) >= 11 is 0. The van der Waals surface area contributed by atoms with Crippen LogP contribution in [0.3, 0.4) is 0 Å². The molecule has 0 aliphatic heterocycles. The van der Waals surface area contributed by atoms with Crippen LogP contribution in [0.2, 0.25) is 0 Å². The van der Waals surface area contributed by atoms with Crippen molar-refractivity contribution >= 4 is 17.9 Å². The number of unbranched alkanes of at least 4 members (excludes halogenated alkanes) is 38. The second kappa shape index (κ2) is 68.1. The zero-order valence-corrected chi connectivity index (χ0v) is 53.1. The molecule has 0 aromatic rings. The molecule has 80 heavy (non-hydrogen) atoms. The van der Waals surface area contributed by atoms with Crippen molar-refractivity contribution in [1.29, 1.82) is 0 Å². The molecule has 0 aromatic heterocycles. The lowest BCUT2D eigenvalue weighted by molar-refractivity contribution is -0.167. The number of carbonyl (C=O) groups excluding carboxylic acids is 3. The first-order valence-corrected chi connectivity index (χ1v) is 34.6. The molecule has 0 spiro atoms. The van der Waals surface area contributed by atoms with Crippen LogP contribution >= 0.6 is 0 Å². The summed E-state index contributed by atoms with van der Waals surface area (Å²) in [5.41, 5.74) is 0. The monoisotopic (exact) mass is 1110 g/mol. The molecule has 0 aliphatic carbocycles. The largest absolute Gasteiger partial charge is 0.462 e. The highest BCUT2D eigenvalue weighted by Crippen LogP contribution is 2.18. The van der Waals surface area contributed by atoms with Gasteiger partial charge in [-0.2, -0.15) is 0 Å². The van der Waals surface area contributed by atoms with E-state index < -0.39 is 6.10 Å². The fourth-order valence-electron chi connectivity index (χ4n) is 10.0. The maximum Gasteiger partial charge on any atom is 0.306 e. The van der Waals surface area contributed by atoms with E-state index in [1.807, 2.05) is 0 Å². The van der Waals surface area contributed by atoms with E-state index in [0.717, 1.165) is 109 Å². The summed E-state index contributed by atoms with van der Waals surface area (Å²) in [6, 6.07) is 0. The highest BCUT2D eigenvalue weighted by molar-refractivity contribution is 5.71. The quantitative estimate of drug-likeness (QED) is 0.0261. The Hall–Kier alpha value is -3.41. The molecule has 1 atom stereocenters. The third-order valence-corrected chi connectivity index (χ3v) is 15.2. The van der Waals surface area contributed by atoms with Gasteiger partial charge in [0, 0.05) is 19.3 Å². The van der Waals surface area contributed by atoms with Gasteiger partial charge in [0.25, 0.3) is 0 Å². The fraction of sp³-hybridized carbons (Fsp3) is 0.770. The minimum atomic E-state index is -0.779. The van der Waals surface area contributed by atoms with Gasteiger partial charge in [0.2, 0.25) is 0 Å². The van der Waals surface area contributed by atoms with E-state index in [1.165, 1.54) is 199 Å². The molecule has 6 nitrogen and oxygen atoms in total. The van der Waals surface area contributed by atoms with Crippen molar-refractivity contribution in [3.8, 4) is 0 Å². The molecule has 0 radical (unpaired) electrons. The van der Waals surface area contributed by atoms with Crippen molar-refractivity contribution in [3.05, 3.63) is 85.1 Å². The number of hydrogen-bond acceptors (Lipinski definition) is 6. The van der Waals surface area contributed by atoms with E-state index in [1.54, 1.807) is 0 Å². The van der Waals surface area contributed by atoms with E-state index in [2.05, 4.69) is 106 Å². The molecular weight excluding hydrogens is 985 g/mol. The number of esters is 3. The zero-order valence-electron chi connectivity index (χ0n) is 53.1. The summed E-state index contributed by atoms with van der Waals surface area (Å²) in [5, 5.41) is 0. The molecule has 0 heterocycles. The van der Waals surface area contributed by atoms with Gasteiger partial charge in [0.1, 0.15) is 13.2 Å². The molecule has 0 saturated heterocycles. The highest BCUT2D eigenvalue weighted by atomic mass is 16.6. The van der Waals surface area contributed by atoms with Crippen LogP contribution < -0.4 is 0 Å². The highest BCUT2D eigenvalue weighted by Gasteiger charge is 2.19. The number of allylic oxidation sites excluding steroid dienone is 14. The standard InChI is InChI=1S/C74H130O6/c1-4-7-10-13-16-19-22-25-27-29-31-33-34-35-36-37-38-39-40-41-43-44-46-49-52-55-58-61-64-67-73(76)79-70-71(69-78-72(75)66-63-60-57-54-51-48-24-21-18-15-12-9-6-3)80-74(77)68-65-62-59-56-53-50-47-45-42-32-30-28-26-23-20-17-14-11-8-5-2/h7,10,16,19,25,27,31,33,35-36,38-39,41,43,71H,4-6,8-9,11-15,17-18,20-24,26,28-30,32,34,37,40,42,44-70H2,1-3H3/b10-7-,19-16-,27-25-,33-31-,36-35-,39-38-,43-41-. The average Bonchev–Trinajstić information content (AvgIpc) is 3.46. The molecule has 0 N–H and O–H groups in total. The summed E-state index contributed by atoms with van der Waals surface area (Å²) in [4.78, 5) is 38.4. The van der Waals surface area contributed by atoms with Gasteiger partial charge in [-0.05, 0) is 77.0 Å². The Morgan fingerprint density at radius 3 is 0.762 bits per heavy atom. The zero-order chi connectivity index (χ0) is 57.8. The van der Waals surface area contributed by atoms with Gasteiger partial charge in [-0.15, -0.1) is 0 Å². The van der Waals surface area contributed by atoms with Crippen LogP contribution in [-0.2, 0) is 28.6 Å². The van der Waals surface area contributed by atoms with E-state index >= 15 is 0 Å². The lowest BCUT2D eigenvalue weighted by Crippen LogP contribution is -2.30. The van der Waals surface area contributed by atoms with Crippen molar-refractivity contribution in [3.63, 3.8) is 0 Å². The number of ether oxygens (including phenoxy) is 3. The third kappa shape index (κ3) is 65.4. The summed E-state index contributed by atoms with van der Waals surface area (Å²) in [6.07, 6.45) is 90.3. The molecule has 0 rings (SSSR count). The molecule has 1 unspecified atom stereocenters. The number of carbonyl (C=O) groups is 3. The maximum atomic E-state index is 12.9. The van der Waals surface area contributed by atoms with Crippen LogP contribution in [0.4, 0.5) is 0 Å². The molecule has 0 bridgehead atoms. The predicted molar refractivity (Wildman–Crippen MR) is 348 cm³/mol. The minimum Gasteiger partial charge on any atom is -0.462 e. The molecular formula is C74H130O6. The van der Waals surface area contributed by atoms with Gasteiger partial charge in [-0.3, -0.25) is 14.4 Å². The van der Waals surface area contributed by atoms with Gasteiger partial charge in [0.15, 0.2) is 6.10 Å². The van der Waals surface area contributed by atoms with Crippen molar-refractivity contribution in [2.75, 3.05) is 13.2 Å². The van der Waals surface area contributed by atoms with Crippen molar-refractivity contribution in [2.24, 2.45) is 0 Å². The maximum absolute atomic E-state index is 12.9. The molecule has 0 saturated carbocycles. The molecule has 0 fully saturated rings. The van der Waals surface area contributed by atoms with Crippen LogP contribution in [0.1, 0.15) is 348 Å². The molecule has 0 amide bonds. The molecule has 0 aromatic carbocycles. The molecule has 6 heteroatoms.